The highest BCUT2D eigenvalue weighted by molar-refractivity contribution is 5.79. The lowest BCUT2D eigenvalue weighted by Gasteiger charge is -2.23. The highest BCUT2D eigenvalue weighted by Gasteiger charge is 2.21. The number of benzene rings is 3. The summed E-state index contributed by atoms with van der Waals surface area (Å²) in [5.41, 5.74) is 4.11. The molecule has 0 aliphatic heterocycles. The molecule has 0 radical (unpaired) electrons. The average molecular weight is 386 g/mol. The number of rotatable bonds is 7. The van der Waals surface area contributed by atoms with E-state index in [-0.39, 0.29) is 30.3 Å². The van der Waals surface area contributed by atoms with E-state index in [1.807, 2.05) is 91.9 Å². The number of carbonyl (C=O) groups is 2. The lowest BCUT2D eigenvalue weighted by molar-refractivity contribution is -0.123. The Morgan fingerprint density at radius 3 is 1.79 bits per heavy atom. The van der Waals surface area contributed by atoms with Crippen molar-refractivity contribution in [2.75, 3.05) is 0 Å². The van der Waals surface area contributed by atoms with Crippen molar-refractivity contribution in [3.05, 3.63) is 107 Å². The molecule has 148 valence electrons. The summed E-state index contributed by atoms with van der Waals surface area (Å²) in [5, 5.41) is 6.04. The second-order valence-electron chi connectivity index (χ2n) is 7.19. The van der Waals surface area contributed by atoms with E-state index in [4.69, 9.17) is 0 Å². The van der Waals surface area contributed by atoms with Gasteiger partial charge in [0, 0.05) is 6.92 Å². The van der Waals surface area contributed by atoms with Gasteiger partial charge in [0.25, 0.3) is 0 Å². The maximum absolute atomic E-state index is 13.0. The molecular weight excluding hydrogens is 360 g/mol. The van der Waals surface area contributed by atoms with Gasteiger partial charge < -0.3 is 10.6 Å². The number of hydrogen-bond acceptors (Lipinski definition) is 2. The molecule has 3 aromatic carbocycles. The van der Waals surface area contributed by atoms with Gasteiger partial charge in [-0.15, -0.1) is 0 Å². The minimum atomic E-state index is -0.372. The lowest BCUT2D eigenvalue weighted by atomic mass is 9.97. The number of hydrogen-bond donors (Lipinski definition) is 2. The summed E-state index contributed by atoms with van der Waals surface area (Å²) in [4.78, 5) is 24.6. The Labute approximate surface area is 172 Å². The van der Waals surface area contributed by atoms with Crippen LogP contribution in [0.15, 0.2) is 84.9 Å². The predicted octanol–water partition coefficient (Wildman–Crippen LogP) is 4.47. The van der Waals surface area contributed by atoms with E-state index in [2.05, 4.69) is 10.6 Å². The van der Waals surface area contributed by atoms with Crippen molar-refractivity contribution in [2.45, 2.75) is 32.4 Å². The van der Waals surface area contributed by atoms with Gasteiger partial charge in [0.05, 0.1) is 18.5 Å². The van der Waals surface area contributed by atoms with Crippen LogP contribution in [0.1, 0.15) is 47.7 Å². The Hall–Kier alpha value is -3.40. The molecule has 4 heteroatoms. The molecule has 3 aromatic rings. The summed E-state index contributed by atoms with van der Waals surface area (Å²) in [6.07, 6.45) is 0.165. The minimum absolute atomic E-state index is 0.123. The summed E-state index contributed by atoms with van der Waals surface area (Å²) < 4.78 is 0. The minimum Gasteiger partial charge on any atom is -0.349 e. The first-order valence-electron chi connectivity index (χ1n) is 9.76. The van der Waals surface area contributed by atoms with Crippen molar-refractivity contribution in [1.29, 1.82) is 0 Å². The van der Waals surface area contributed by atoms with Crippen molar-refractivity contribution in [3.63, 3.8) is 0 Å². The largest absolute Gasteiger partial charge is 0.349 e. The molecule has 0 fully saturated rings. The molecule has 0 aliphatic rings. The van der Waals surface area contributed by atoms with Crippen LogP contribution in [0, 0.1) is 6.92 Å². The third-order valence-corrected chi connectivity index (χ3v) is 4.82. The molecule has 0 aliphatic carbocycles. The molecule has 0 saturated carbocycles. The molecule has 3 rings (SSSR count). The SMILES string of the molecule is CC(=O)NC(CC(=O)NC(c1ccccc1)c1ccc(C)cc1)c1ccccc1. The van der Waals surface area contributed by atoms with Crippen LogP contribution in [0.4, 0.5) is 0 Å². The van der Waals surface area contributed by atoms with E-state index in [1.165, 1.54) is 12.5 Å². The summed E-state index contributed by atoms with van der Waals surface area (Å²) in [5.74, 6) is -0.285. The smallest absolute Gasteiger partial charge is 0.223 e. The third-order valence-electron chi connectivity index (χ3n) is 4.82. The predicted molar refractivity (Wildman–Crippen MR) is 115 cm³/mol. The molecule has 2 amide bonds. The molecule has 29 heavy (non-hydrogen) atoms. The summed E-state index contributed by atoms with van der Waals surface area (Å²) >= 11 is 0. The van der Waals surface area contributed by atoms with Crippen LogP contribution < -0.4 is 10.6 Å². The monoisotopic (exact) mass is 386 g/mol. The Bertz CT molecular complexity index is 938. The zero-order chi connectivity index (χ0) is 20.6. The first-order chi connectivity index (χ1) is 14.0. The number of aryl methyl sites for hydroxylation is 1. The van der Waals surface area contributed by atoms with Crippen LogP contribution >= 0.6 is 0 Å². The number of nitrogens with one attached hydrogen (secondary N) is 2. The Morgan fingerprint density at radius 2 is 1.24 bits per heavy atom. The van der Waals surface area contributed by atoms with E-state index >= 15 is 0 Å². The molecule has 0 aromatic heterocycles. The van der Waals surface area contributed by atoms with Gasteiger partial charge in [-0.2, -0.15) is 0 Å². The number of carbonyl (C=O) groups excluding carboxylic acids is 2. The maximum atomic E-state index is 13.0. The fourth-order valence-corrected chi connectivity index (χ4v) is 3.35. The molecular formula is C25H26N2O2. The van der Waals surface area contributed by atoms with Gasteiger partial charge >= 0.3 is 0 Å². The maximum Gasteiger partial charge on any atom is 0.223 e. The Morgan fingerprint density at radius 1 is 0.724 bits per heavy atom. The third kappa shape index (κ3) is 5.79. The Balaban J connectivity index is 1.81. The van der Waals surface area contributed by atoms with Crippen molar-refractivity contribution < 1.29 is 9.59 Å². The van der Waals surface area contributed by atoms with Crippen molar-refractivity contribution in [3.8, 4) is 0 Å². The second-order valence-corrected chi connectivity index (χ2v) is 7.19. The first kappa shape index (κ1) is 20.3. The van der Waals surface area contributed by atoms with E-state index in [0.29, 0.717) is 0 Å². The van der Waals surface area contributed by atoms with E-state index in [9.17, 15) is 9.59 Å². The van der Waals surface area contributed by atoms with Gasteiger partial charge in [0.2, 0.25) is 11.8 Å². The van der Waals surface area contributed by atoms with Crippen molar-refractivity contribution >= 4 is 11.8 Å². The van der Waals surface area contributed by atoms with Gasteiger partial charge in [-0.3, -0.25) is 9.59 Å². The fourth-order valence-electron chi connectivity index (χ4n) is 3.35. The molecule has 4 nitrogen and oxygen atoms in total. The van der Waals surface area contributed by atoms with Gasteiger partial charge in [0.15, 0.2) is 0 Å². The lowest BCUT2D eigenvalue weighted by Crippen LogP contribution is -2.34. The standard InChI is InChI=1S/C25H26N2O2/c1-18-13-15-22(16-14-18)25(21-11-7-4-8-12-21)27-24(29)17-23(26-19(2)28)20-9-5-3-6-10-20/h3-16,23,25H,17H2,1-2H3,(H,26,28)(H,27,29). The molecule has 0 spiro atoms. The van der Waals surface area contributed by atoms with Crippen LogP contribution in [0.2, 0.25) is 0 Å². The van der Waals surface area contributed by atoms with E-state index < -0.39 is 0 Å². The van der Waals surface area contributed by atoms with Gasteiger partial charge in [-0.1, -0.05) is 90.5 Å². The summed E-state index contributed by atoms with van der Waals surface area (Å²) in [6, 6.07) is 27.0. The number of amides is 2. The van der Waals surface area contributed by atoms with Crippen LogP contribution in [0.3, 0.4) is 0 Å². The van der Waals surface area contributed by atoms with Crippen LogP contribution in [0.5, 0.6) is 0 Å². The second kappa shape index (κ2) is 9.69. The highest BCUT2D eigenvalue weighted by atomic mass is 16.2. The van der Waals surface area contributed by atoms with Crippen LogP contribution in [-0.4, -0.2) is 11.8 Å². The van der Waals surface area contributed by atoms with E-state index in [0.717, 1.165) is 16.7 Å². The van der Waals surface area contributed by atoms with Gasteiger partial charge in [0.1, 0.15) is 0 Å². The average Bonchev–Trinajstić information content (AvgIpc) is 2.73. The van der Waals surface area contributed by atoms with Gasteiger partial charge in [-0.25, -0.2) is 0 Å². The summed E-state index contributed by atoms with van der Waals surface area (Å²) in [7, 11) is 0. The Kier molecular flexibility index (Phi) is 6.80. The summed E-state index contributed by atoms with van der Waals surface area (Å²) in [6.45, 7) is 3.50. The molecule has 0 bridgehead atoms. The quantitative estimate of drug-likeness (QED) is 0.629. The molecule has 0 heterocycles. The van der Waals surface area contributed by atoms with E-state index in [1.54, 1.807) is 0 Å². The van der Waals surface area contributed by atoms with Crippen LogP contribution in [0.25, 0.3) is 0 Å². The zero-order valence-electron chi connectivity index (χ0n) is 16.8. The first-order valence-corrected chi connectivity index (χ1v) is 9.76. The van der Waals surface area contributed by atoms with Crippen molar-refractivity contribution in [2.24, 2.45) is 0 Å². The van der Waals surface area contributed by atoms with Crippen LogP contribution in [-0.2, 0) is 9.59 Å². The molecule has 0 saturated heterocycles. The van der Waals surface area contributed by atoms with Crippen molar-refractivity contribution in [1.82, 2.24) is 10.6 Å². The molecule has 2 unspecified atom stereocenters. The highest BCUT2D eigenvalue weighted by Crippen LogP contribution is 2.24. The fraction of sp³-hybridized carbons (Fsp3) is 0.200. The molecule has 2 N–H and O–H groups in total. The zero-order valence-corrected chi connectivity index (χ0v) is 16.8. The normalized spacial score (nSPS) is 12.6. The van der Waals surface area contributed by atoms with Gasteiger partial charge in [-0.05, 0) is 23.6 Å². The topological polar surface area (TPSA) is 58.2 Å². The molecule has 2 atom stereocenters.